The number of carbonyl (C=O) groups excluding carboxylic acids is 2. The third-order valence-corrected chi connectivity index (χ3v) is 4.30. The summed E-state index contributed by atoms with van der Waals surface area (Å²) in [5.74, 6) is 6.33. The zero-order valence-corrected chi connectivity index (χ0v) is 11.8. The van der Waals surface area contributed by atoms with Crippen molar-refractivity contribution >= 4 is 11.8 Å². The lowest BCUT2D eigenvalue weighted by Crippen LogP contribution is -2.53. The van der Waals surface area contributed by atoms with Crippen LogP contribution in [0, 0.1) is 5.92 Å². The van der Waals surface area contributed by atoms with E-state index in [9.17, 15) is 9.59 Å². The van der Waals surface area contributed by atoms with Gasteiger partial charge in [0, 0.05) is 25.6 Å². The Balaban J connectivity index is 1.58. The molecule has 4 N–H and O–H groups in total. The normalized spacial score (nSPS) is 26.0. The first-order valence-corrected chi connectivity index (χ1v) is 7.27. The molecule has 0 aromatic carbocycles. The van der Waals surface area contributed by atoms with Crippen LogP contribution in [-0.2, 0) is 11.3 Å². The maximum absolute atomic E-state index is 11.4. The second kappa shape index (κ2) is 5.87. The number of nitrogen functional groups attached to an aromatic ring is 1. The van der Waals surface area contributed by atoms with E-state index < -0.39 is 5.91 Å². The van der Waals surface area contributed by atoms with Gasteiger partial charge in [0.25, 0.3) is 0 Å². The number of nitrogens with one attached hydrogen (secondary N) is 2. The summed E-state index contributed by atoms with van der Waals surface area (Å²) in [6.45, 7) is 2.54. The molecule has 0 radical (unpaired) electrons. The molecule has 1 aromatic rings. The minimum absolute atomic E-state index is 0.174. The highest BCUT2D eigenvalue weighted by molar-refractivity contribution is 5.90. The van der Waals surface area contributed by atoms with Gasteiger partial charge in [0.05, 0.1) is 6.54 Å². The number of nitrogens with two attached hydrogens (primary N) is 1. The summed E-state index contributed by atoms with van der Waals surface area (Å²) < 4.78 is 5.49. The Labute approximate surface area is 122 Å². The van der Waals surface area contributed by atoms with Crippen molar-refractivity contribution < 1.29 is 14.0 Å². The van der Waals surface area contributed by atoms with Gasteiger partial charge in [0.2, 0.25) is 5.91 Å². The van der Waals surface area contributed by atoms with Crippen molar-refractivity contribution in [3.05, 3.63) is 23.7 Å². The molecular weight excluding hydrogens is 272 g/mol. The predicted molar refractivity (Wildman–Crippen MR) is 74.9 cm³/mol. The summed E-state index contributed by atoms with van der Waals surface area (Å²) in [5, 5.41) is 3.07. The molecule has 7 nitrogen and oxygen atoms in total. The number of carbonyl (C=O) groups is 2. The topological polar surface area (TPSA) is 101 Å². The van der Waals surface area contributed by atoms with Crippen LogP contribution >= 0.6 is 0 Å². The number of furan rings is 1. The van der Waals surface area contributed by atoms with E-state index in [2.05, 4.69) is 15.6 Å². The molecule has 0 bridgehead atoms. The molecule has 2 unspecified atom stereocenters. The van der Waals surface area contributed by atoms with Crippen molar-refractivity contribution in [2.75, 3.05) is 13.1 Å². The second-order valence-corrected chi connectivity index (χ2v) is 5.74. The highest BCUT2D eigenvalue weighted by atomic mass is 16.4. The zero-order valence-electron chi connectivity index (χ0n) is 11.8. The van der Waals surface area contributed by atoms with E-state index in [0.717, 1.165) is 31.7 Å². The van der Waals surface area contributed by atoms with Crippen molar-refractivity contribution in [1.29, 1.82) is 0 Å². The highest BCUT2D eigenvalue weighted by Crippen LogP contribution is 2.26. The quantitative estimate of drug-likeness (QED) is 0.413. The molecule has 3 rings (SSSR count). The number of hydrogen-bond acceptors (Lipinski definition) is 5. The Hall–Kier alpha value is -1.86. The SMILES string of the molecule is NNC(=O)c1ccc(CN2CCC3NC(=O)CCC3C2)o1. The first kappa shape index (κ1) is 14.1. The van der Waals surface area contributed by atoms with Gasteiger partial charge in [-0.15, -0.1) is 0 Å². The van der Waals surface area contributed by atoms with Gasteiger partial charge in [-0.3, -0.25) is 19.9 Å². The molecule has 2 aliphatic heterocycles. The second-order valence-electron chi connectivity index (χ2n) is 5.74. The maximum atomic E-state index is 11.4. The van der Waals surface area contributed by atoms with Gasteiger partial charge in [-0.1, -0.05) is 0 Å². The van der Waals surface area contributed by atoms with Gasteiger partial charge < -0.3 is 9.73 Å². The van der Waals surface area contributed by atoms with E-state index in [1.807, 2.05) is 0 Å². The minimum Gasteiger partial charge on any atom is -0.455 e. The summed E-state index contributed by atoms with van der Waals surface area (Å²) in [6, 6.07) is 3.75. The standard InChI is InChI=1S/C14H20N4O3/c15-17-14(20)12-3-2-10(21-12)8-18-6-5-11-9(7-18)1-4-13(19)16-11/h2-3,9,11H,1,4-8,15H2,(H,16,19)(H,17,20). The molecule has 2 atom stereocenters. The monoisotopic (exact) mass is 292 g/mol. The van der Waals surface area contributed by atoms with Gasteiger partial charge in [-0.25, -0.2) is 5.84 Å². The summed E-state index contributed by atoms with van der Waals surface area (Å²) in [7, 11) is 0. The molecule has 1 aromatic heterocycles. The van der Waals surface area contributed by atoms with Crippen LogP contribution in [0.5, 0.6) is 0 Å². The number of piperidine rings is 2. The first-order chi connectivity index (χ1) is 10.2. The Morgan fingerprint density at radius 1 is 1.48 bits per heavy atom. The molecular formula is C14H20N4O3. The van der Waals surface area contributed by atoms with Crippen molar-refractivity contribution in [3.8, 4) is 0 Å². The van der Waals surface area contributed by atoms with E-state index in [1.165, 1.54) is 0 Å². The first-order valence-electron chi connectivity index (χ1n) is 7.27. The average molecular weight is 292 g/mol. The minimum atomic E-state index is -0.421. The van der Waals surface area contributed by atoms with Gasteiger partial charge in [0.1, 0.15) is 5.76 Å². The van der Waals surface area contributed by atoms with Crippen LogP contribution in [0.25, 0.3) is 0 Å². The molecule has 3 heterocycles. The number of likely N-dealkylation sites (tertiary alicyclic amines) is 1. The number of rotatable bonds is 3. The predicted octanol–water partition coefficient (Wildman–Crippen LogP) is -0.0164. The zero-order chi connectivity index (χ0) is 14.8. The van der Waals surface area contributed by atoms with Crippen LogP contribution < -0.4 is 16.6 Å². The molecule has 114 valence electrons. The summed E-state index contributed by atoms with van der Waals surface area (Å²) >= 11 is 0. The molecule has 7 heteroatoms. The fourth-order valence-corrected chi connectivity index (χ4v) is 3.21. The number of nitrogens with zero attached hydrogens (tertiary/aromatic N) is 1. The third-order valence-electron chi connectivity index (χ3n) is 4.30. The van der Waals surface area contributed by atoms with Gasteiger partial charge >= 0.3 is 5.91 Å². The van der Waals surface area contributed by atoms with E-state index in [1.54, 1.807) is 12.1 Å². The number of fused-ring (bicyclic) bond motifs is 1. The smallest absolute Gasteiger partial charge is 0.300 e. The van der Waals surface area contributed by atoms with Crippen molar-refractivity contribution in [3.63, 3.8) is 0 Å². The van der Waals surface area contributed by atoms with Crippen LogP contribution in [0.15, 0.2) is 16.5 Å². The van der Waals surface area contributed by atoms with E-state index in [0.29, 0.717) is 24.9 Å². The maximum Gasteiger partial charge on any atom is 0.300 e. The highest BCUT2D eigenvalue weighted by Gasteiger charge is 2.33. The van der Waals surface area contributed by atoms with Crippen LogP contribution in [0.1, 0.15) is 35.6 Å². The third kappa shape index (κ3) is 3.08. The van der Waals surface area contributed by atoms with Crippen LogP contribution in [-0.4, -0.2) is 35.8 Å². The number of hydrazine groups is 1. The van der Waals surface area contributed by atoms with Crippen molar-refractivity contribution in [1.82, 2.24) is 15.6 Å². The summed E-state index contributed by atoms with van der Waals surface area (Å²) in [4.78, 5) is 25.1. The van der Waals surface area contributed by atoms with Gasteiger partial charge in [0.15, 0.2) is 5.76 Å². The van der Waals surface area contributed by atoms with Crippen molar-refractivity contribution in [2.24, 2.45) is 11.8 Å². The van der Waals surface area contributed by atoms with Gasteiger partial charge in [-0.2, -0.15) is 0 Å². The van der Waals surface area contributed by atoms with E-state index in [-0.39, 0.29) is 11.7 Å². The molecule has 0 aliphatic carbocycles. The summed E-state index contributed by atoms with van der Waals surface area (Å²) in [5.41, 5.74) is 2.05. The van der Waals surface area contributed by atoms with Crippen LogP contribution in [0.4, 0.5) is 0 Å². The molecule has 2 amide bonds. The fraction of sp³-hybridized carbons (Fsp3) is 0.571. The largest absolute Gasteiger partial charge is 0.455 e. The lowest BCUT2D eigenvalue weighted by molar-refractivity contribution is -0.125. The molecule has 21 heavy (non-hydrogen) atoms. The molecule has 0 spiro atoms. The Morgan fingerprint density at radius 3 is 3.14 bits per heavy atom. The molecule has 0 saturated carbocycles. The number of amides is 2. The van der Waals surface area contributed by atoms with E-state index in [4.69, 9.17) is 10.3 Å². The van der Waals surface area contributed by atoms with Crippen molar-refractivity contribution in [2.45, 2.75) is 31.8 Å². The van der Waals surface area contributed by atoms with Gasteiger partial charge in [-0.05, 0) is 30.9 Å². The molecule has 2 saturated heterocycles. The Kier molecular flexibility index (Phi) is 3.94. The Bertz CT molecular complexity index is 542. The Morgan fingerprint density at radius 2 is 2.33 bits per heavy atom. The van der Waals surface area contributed by atoms with Crippen LogP contribution in [0.2, 0.25) is 0 Å². The molecule has 2 fully saturated rings. The van der Waals surface area contributed by atoms with E-state index >= 15 is 0 Å². The molecule has 2 aliphatic rings. The lowest BCUT2D eigenvalue weighted by Gasteiger charge is -2.41. The lowest BCUT2D eigenvalue weighted by atomic mass is 9.85. The number of hydrogen-bond donors (Lipinski definition) is 3. The average Bonchev–Trinajstić information content (AvgIpc) is 2.95. The van der Waals surface area contributed by atoms with Crippen LogP contribution in [0.3, 0.4) is 0 Å². The fourth-order valence-electron chi connectivity index (χ4n) is 3.21. The summed E-state index contributed by atoms with van der Waals surface area (Å²) in [6.07, 6.45) is 2.54.